The van der Waals surface area contributed by atoms with E-state index in [4.69, 9.17) is 18.9 Å². The fraction of sp³-hybridized carbons (Fsp3) is 0.379. The summed E-state index contributed by atoms with van der Waals surface area (Å²) in [7, 11) is 6.46. The number of aromatic hydroxyl groups is 2. The molecule has 0 spiro atoms. The molecule has 3 unspecified atom stereocenters. The summed E-state index contributed by atoms with van der Waals surface area (Å²) in [5.41, 5.74) is 7.25. The minimum Gasteiger partial charge on any atom is -0.507 e. The number of phenols is 2. The molecule has 0 fully saturated rings. The van der Waals surface area contributed by atoms with Gasteiger partial charge in [0.1, 0.15) is 17.2 Å². The summed E-state index contributed by atoms with van der Waals surface area (Å²) in [4.78, 5) is 0. The summed E-state index contributed by atoms with van der Waals surface area (Å²) in [6.07, 6.45) is 0.531. The second kappa shape index (κ2) is 9.18. The number of benzene rings is 3. The van der Waals surface area contributed by atoms with Gasteiger partial charge in [-0.1, -0.05) is 0 Å². The number of nitrogens with one attached hydrogen (secondary N) is 2. The molecular formula is C29H32N2O7. The fourth-order valence-corrected chi connectivity index (χ4v) is 6.35. The lowest BCUT2D eigenvalue weighted by molar-refractivity contribution is 0.0878. The predicted molar refractivity (Wildman–Crippen MR) is 142 cm³/mol. The Labute approximate surface area is 220 Å². The molecule has 2 heterocycles. The monoisotopic (exact) mass is 520 g/mol. The lowest BCUT2D eigenvalue weighted by atomic mass is 9.73. The smallest absolute Gasteiger partial charge is 0.200 e. The van der Waals surface area contributed by atoms with Crippen molar-refractivity contribution in [3.63, 3.8) is 0 Å². The van der Waals surface area contributed by atoms with Gasteiger partial charge in [-0.3, -0.25) is 0 Å². The van der Waals surface area contributed by atoms with Gasteiger partial charge in [-0.05, 0) is 48.7 Å². The molecule has 38 heavy (non-hydrogen) atoms. The second-order valence-corrected chi connectivity index (χ2v) is 9.95. The number of aliphatic hydroxyl groups is 1. The van der Waals surface area contributed by atoms with Crippen LogP contribution in [0.15, 0.2) is 24.3 Å². The first kappa shape index (κ1) is 24.5. The molecule has 1 aliphatic carbocycles. The van der Waals surface area contributed by atoms with E-state index in [-0.39, 0.29) is 35.6 Å². The lowest BCUT2D eigenvalue weighted by Crippen LogP contribution is -2.31. The topological polar surface area (TPSA) is 122 Å². The van der Waals surface area contributed by atoms with E-state index in [9.17, 15) is 15.3 Å². The molecule has 0 amide bonds. The first-order valence-corrected chi connectivity index (χ1v) is 12.7. The first-order valence-electron chi connectivity index (χ1n) is 12.7. The number of phenolic OH excluding ortho intramolecular Hbond substituents is 2. The van der Waals surface area contributed by atoms with Crippen LogP contribution in [0.2, 0.25) is 0 Å². The summed E-state index contributed by atoms with van der Waals surface area (Å²) >= 11 is 0. The number of likely N-dealkylation sites (N-methyl/N-ethyl adjacent to an activating group) is 1. The maximum Gasteiger partial charge on any atom is 0.200 e. The van der Waals surface area contributed by atoms with E-state index >= 15 is 0 Å². The van der Waals surface area contributed by atoms with Gasteiger partial charge in [0.25, 0.3) is 0 Å². The van der Waals surface area contributed by atoms with Crippen molar-refractivity contribution in [3.8, 4) is 45.6 Å². The first-order chi connectivity index (χ1) is 18.4. The molecular weight excluding hydrogens is 488 g/mol. The summed E-state index contributed by atoms with van der Waals surface area (Å²) in [5.74, 6) is 1.54. The molecule has 3 aromatic rings. The van der Waals surface area contributed by atoms with Crippen LogP contribution >= 0.6 is 0 Å². The van der Waals surface area contributed by atoms with Crippen LogP contribution in [0, 0.1) is 0 Å². The van der Waals surface area contributed by atoms with Crippen molar-refractivity contribution in [2.75, 3.05) is 46.8 Å². The SMILES string of the molecule is CNCC1Nc2cc3c(c4c2-c2c(c(OC)cc(O)c21)CC4)C(O)C(c1cc(OC)c(O)c(OC)c1)CO3. The van der Waals surface area contributed by atoms with Crippen LogP contribution in [-0.4, -0.2) is 56.8 Å². The minimum atomic E-state index is -0.864. The van der Waals surface area contributed by atoms with Gasteiger partial charge in [-0.25, -0.2) is 0 Å². The zero-order chi connectivity index (χ0) is 26.7. The highest BCUT2D eigenvalue weighted by Crippen LogP contribution is 2.57. The number of aliphatic hydroxyl groups excluding tert-OH is 1. The highest BCUT2D eigenvalue weighted by Gasteiger charge is 2.41. The average molecular weight is 521 g/mol. The summed E-state index contributed by atoms with van der Waals surface area (Å²) < 4.78 is 22.7. The Morgan fingerprint density at radius 2 is 1.61 bits per heavy atom. The van der Waals surface area contributed by atoms with Crippen LogP contribution in [-0.2, 0) is 12.8 Å². The maximum atomic E-state index is 11.8. The minimum absolute atomic E-state index is 0.0883. The van der Waals surface area contributed by atoms with Crippen LogP contribution in [0.4, 0.5) is 5.69 Å². The quantitative estimate of drug-likeness (QED) is 0.331. The number of ether oxygens (including phenoxy) is 4. The van der Waals surface area contributed by atoms with Gasteiger partial charge in [0.2, 0.25) is 5.75 Å². The third-order valence-electron chi connectivity index (χ3n) is 8.06. The van der Waals surface area contributed by atoms with E-state index < -0.39 is 12.0 Å². The van der Waals surface area contributed by atoms with Crippen LogP contribution in [0.3, 0.4) is 0 Å². The Hall–Kier alpha value is -3.82. The van der Waals surface area contributed by atoms with Gasteiger partial charge >= 0.3 is 0 Å². The molecule has 3 aliphatic rings. The number of fused-ring (bicyclic) bond motifs is 2. The van der Waals surface area contributed by atoms with E-state index in [2.05, 4.69) is 10.6 Å². The molecule has 5 N–H and O–H groups in total. The van der Waals surface area contributed by atoms with E-state index in [1.165, 1.54) is 14.2 Å². The molecule has 6 rings (SSSR count). The van der Waals surface area contributed by atoms with Crippen LogP contribution in [0.1, 0.15) is 45.9 Å². The third-order valence-corrected chi connectivity index (χ3v) is 8.06. The predicted octanol–water partition coefficient (Wildman–Crippen LogP) is 3.78. The summed E-state index contributed by atoms with van der Waals surface area (Å²) in [5, 5.41) is 40.1. The van der Waals surface area contributed by atoms with Crippen molar-refractivity contribution in [1.82, 2.24) is 5.32 Å². The van der Waals surface area contributed by atoms with Crippen molar-refractivity contribution in [2.45, 2.75) is 30.9 Å². The fourth-order valence-electron chi connectivity index (χ4n) is 6.35. The number of methoxy groups -OCH3 is 3. The van der Waals surface area contributed by atoms with Gasteiger partial charge in [-0.15, -0.1) is 0 Å². The Bertz CT molecular complexity index is 1410. The third kappa shape index (κ3) is 3.45. The molecule has 3 aromatic carbocycles. The van der Waals surface area contributed by atoms with E-state index in [0.29, 0.717) is 30.9 Å². The Morgan fingerprint density at radius 3 is 2.26 bits per heavy atom. The Balaban J connectivity index is 1.53. The summed E-state index contributed by atoms with van der Waals surface area (Å²) in [6, 6.07) is 6.94. The van der Waals surface area contributed by atoms with E-state index in [1.54, 1.807) is 25.3 Å². The molecule has 9 nitrogen and oxygen atoms in total. The highest BCUT2D eigenvalue weighted by molar-refractivity contribution is 5.94. The largest absolute Gasteiger partial charge is 0.507 e. The van der Waals surface area contributed by atoms with Gasteiger partial charge in [0.15, 0.2) is 11.5 Å². The zero-order valence-corrected chi connectivity index (χ0v) is 21.8. The molecule has 0 saturated carbocycles. The lowest BCUT2D eigenvalue weighted by Gasteiger charge is -2.40. The van der Waals surface area contributed by atoms with E-state index in [0.717, 1.165) is 44.6 Å². The molecule has 9 heteroatoms. The normalized spacial score (nSPS) is 20.5. The Kier molecular flexibility index (Phi) is 5.92. The van der Waals surface area contributed by atoms with Crippen molar-refractivity contribution in [1.29, 1.82) is 0 Å². The Morgan fingerprint density at radius 1 is 0.921 bits per heavy atom. The van der Waals surface area contributed by atoms with Gasteiger partial charge in [0, 0.05) is 52.5 Å². The van der Waals surface area contributed by atoms with Crippen LogP contribution in [0.5, 0.6) is 34.5 Å². The molecule has 2 aliphatic heterocycles. The van der Waals surface area contributed by atoms with Gasteiger partial charge < -0.3 is 44.9 Å². The van der Waals surface area contributed by atoms with E-state index in [1.807, 2.05) is 13.1 Å². The van der Waals surface area contributed by atoms with Crippen molar-refractivity contribution >= 4 is 5.69 Å². The molecule has 0 bridgehead atoms. The van der Waals surface area contributed by atoms with Crippen molar-refractivity contribution in [3.05, 3.63) is 52.1 Å². The van der Waals surface area contributed by atoms with Crippen LogP contribution in [0.25, 0.3) is 11.1 Å². The summed E-state index contributed by atoms with van der Waals surface area (Å²) in [6.45, 7) is 0.869. The van der Waals surface area contributed by atoms with Gasteiger partial charge in [-0.2, -0.15) is 0 Å². The molecule has 0 saturated heterocycles. The molecule has 3 atom stereocenters. The molecule has 0 radical (unpaired) electrons. The molecule has 200 valence electrons. The number of hydrogen-bond donors (Lipinski definition) is 5. The number of anilines is 1. The standard InChI is InChI=1S/C29H32N2O7/c1-30-11-18-27-19(32)10-20(35-2)14-5-6-15-24(26(14)27)17(31-18)9-21-25(15)28(33)16(12-38-21)13-7-22(36-3)29(34)23(8-13)37-4/h7-10,16,18,28,30-34H,5-6,11-12H2,1-4H3. The van der Waals surface area contributed by atoms with Crippen molar-refractivity contribution < 1.29 is 34.3 Å². The van der Waals surface area contributed by atoms with Gasteiger partial charge in [0.05, 0.1) is 40.1 Å². The zero-order valence-electron chi connectivity index (χ0n) is 21.8. The average Bonchev–Trinajstić information content (AvgIpc) is 2.92. The number of hydrogen-bond acceptors (Lipinski definition) is 9. The van der Waals surface area contributed by atoms with Crippen LogP contribution < -0.4 is 29.6 Å². The highest BCUT2D eigenvalue weighted by atomic mass is 16.5. The number of rotatable bonds is 6. The second-order valence-electron chi connectivity index (χ2n) is 9.95. The maximum absolute atomic E-state index is 11.8. The molecule has 0 aromatic heterocycles. The van der Waals surface area contributed by atoms with Crippen molar-refractivity contribution in [2.24, 2.45) is 0 Å².